The van der Waals surface area contributed by atoms with Crippen molar-refractivity contribution < 1.29 is 14.3 Å². The molecule has 0 spiro atoms. The fourth-order valence-electron chi connectivity index (χ4n) is 3.62. The normalized spacial score (nSPS) is 11.2. The number of rotatable bonds is 8. The van der Waals surface area contributed by atoms with Crippen LogP contribution in [0.3, 0.4) is 0 Å². The van der Waals surface area contributed by atoms with Crippen LogP contribution in [0.4, 0.5) is 0 Å². The summed E-state index contributed by atoms with van der Waals surface area (Å²) in [5.74, 6) is 2.49. The van der Waals surface area contributed by atoms with Gasteiger partial charge in [-0.05, 0) is 67.6 Å². The van der Waals surface area contributed by atoms with Crippen LogP contribution in [-0.2, 0) is 10.5 Å². The molecule has 4 aromatic rings. The molecule has 5 nitrogen and oxygen atoms in total. The molecule has 34 heavy (non-hydrogen) atoms. The van der Waals surface area contributed by atoms with E-state index < -0.39 is 0 Å². The Morgan fingerprint density at radius 3 is 2.56 bits per heavy atom. The maximum atomic E-state index is 12.6. The SMILES string of the molecule is CCOC(=O)c1sc2nc(CSc3ccccc3)nc(Oc3cc(C)cc(C(C)C)c3)c2c1C. The minimum absolute atomic E-state index is 0.321. The lowest BCUT2D eigenvalue weighted by molar-refractivity contribution is 0.0531. The van der Waals surface area contributed by atoms with E-state index in [1.54, 1.807) is 18.7 Å². The largest absolute Gasteiger partial charge is 0.462 e. The van der Waals surface area contributed by atoms with E-state index in [1.165, 1.54) is 16.9 Å². The summed E-state index contributed by atoms with van der Waals surface area (Å²) in [4.78, 5) is 24.5. The number of thioether (sulfide) groups is 1. The number of hydrogen-bond acceptors (Lipinski definition) is 7. The van der Waals surface area contributed by atoms with E-state index in [9.17, 15) is 4.79 Å². The maximum absolute atomic E-state index is 12.6. The lowest BCUT2D eigenvalue weighted by Gasteiger charge is -2.13. The first-order valence-electron chi connectivity index (χ1n) is 11.3. The lowest BCUT2D eigenvalue weighted by Crippen LogP contribution is -2.03. The smallest absolute Gasteiger partial charge is 0.348 e. The average molecular weight is 493 g/mol. The Bertz CT molecular complexity index is 1320. The van der Waals surface area contributed by atoms with Gasteiger partial charge in [0.05, 0.1) is 17.7 Å². The fraction of sp³-hybridized carbons (Fsp3) is 0.296. The number of hydrogen-bond donors (Lipinski definition) is 0. The van der Waals surface area contributed by atoms with Crippen LogP contribution in [0.1, 0.15) is 58.9 Å². The number of aromatic nitrogens is 2. The summed E-state index contributed by atoms with van der Waals surface area (Å²) in [6.07, 6.45) is 0. The third-order valence-corrected chi connectivity index (χ3v) is 7.50. The Morgan fingerprint density at radius 2 is 1.85 bits per heavy atom. The van der Waals surface area contributed by atoms with Crippen LogP contribution in [0.25, 0.3) is 10.2 Å². The van der Waals surface area contributed by atoms with E-state index >= 15 is 0 Å². The summed E-state index contributed by atoms with van der Waals surface area (Å²) in [6.45, 7) is 10.4. The molecule has 176 valence electrons. The molecular formula is C27H28N2O3S2. The van der Waals surface area contributed by atoms with Crippen molar-refractivity contribution in [3.8, 4) is 11.6 Å². The minimum Gasteiger partial charge on any atom is -0.462 e. The number of aryl methyl sites for hydroxylation is 2. The molecule has 0 atom stereocenters. The Balaban J connectivity index is 1.77. The molecule has 0 aliphatic rings. The molecule has 0 saturated heterocycles. The Kier molecular flexibility index (Phi) is 7.54. The van der Waals surface area contributed by atoms with Gasteiger partial charge in [-0.15, -0.1) is 23.1 Å². The summed E-state index contributed by atoms with van der Waals surface area (Å²) < 4.78 is 11.7. The standard InChI is InChI=1S/C27H28N2O3S2/c1-6-31-27(30)24-18(5)23-25(32-20-13-17(4)12-19(14-20)16(2)3)28-22(29-26(23)34-24)15-33-21-10-8-7-9-11-21/h7-14,16H,6,15H2,1-5H3. The Hall–Kier alpha value is -2.90. The van der Waals surface area contributed by atoms with E-state index in [0.717, 1.165) is 32.0 Å². The minimum atomic E-state index is -0.341. The van der Waals surface area contributed by atoms with Crippen LogP contribution in [0.15, 0.2) is 53.4 Å². The quantitative estimate of drug-likeness (QED) is 0.186. The summed E-state index contributed by atoms with van der Waals surface area (Å²) in [7, 11) is 0. The zero-order chi connectivity index (χ0) is 24.2. The summed E-state index contributed by atoms with van der Waals surface area (Å²) in [5.41, 5.74) is 3.11. The van der Waals surface area contributed by atoms with E-state index in [1.807, 2.05) is 31.2 Å². The van der Waals surface area contributed by atoms with Crippen molar-refractivity contribution in [2.75, 3.05) is 6.61 Å². The number of carbonyl (C=O) groups excluding carboxylic acids is 1. The zero-order valence-corrected chi connectivity index (χ0v) is 21.7. The summed E-state index contributed by atoms with van der Waals surface area (Å²) >= 11 is 2.99. The van der Waals surface area contributed by atoms with Crippen molar-refractivity contribution in [3.63, 3.8) is 0 Å². The Labute approximate surface area is 208 Å². The van der Waals surface area contributed by atoms with Crippen LogP contribution in [-0.4, -0.2) is 22.5 Å². The molecule has 0 bridgehead atoms. The number of fused-ring (bicyclic) bond motifs is 1. The van der Waals surface area contributed by atoms with Crippen LogP contribution in [0, 0.1) is 13.8 Å². The number of thiophene rings is 1. The van der Waals surface area contributed by atoms with Crippen molar-refractivity contribution >= 4 is 39.3 Å². The van der Waals surface area contributed by atoms with Crippen molar-refractivity contribution in [1.29, 1.82) is 0 Å². The highest BCUT2D eigenvalue weighted by Crippen LogP contribution is 2.38. The van der Waals surface area contributed by atoms with Crippen LogP contribution in [0.2, 0.25) is 0 Å². The molecular weight excluding hydrogens is 464 g/mol. The van der Waals surface area contributed by atoms with Gasteiger partial charge in [-0.25, -0.2) is 9.78 Å². The summed E-state index contributed by atoms with van der Waals surface area (Å²) in [5, 5.41) is 0.758. The highest BCUT2D eigenvalue weighted by molar-refractivity contribution is 7.98. The van der Waals surface area contributed by atoms with Gasteiger partial charge in [-0.1, -0.05) is 38.1 Å². The molecule has 0 saturated carbocycles. The monoisotopic (exact) mass is 492 g/mol. The highest BCUT2D eigenvalue weighted by atomic mass is 32.2. The molecule has 0 fully saturated rings. The van der Waals surface area contributed by atoms with E-state index in [2.05, 4.69) is 45.0 Å². The third-order valence-electron chi connectivity index (χ3n) is 5.33. The van der Waals surface area contributed by atoms with Gasteiger partial charge in [0, 0.05) is 4.90 Å². The third kappa shape index (κ3) is 5.42. The van der Waals surface area contributed by atoms with Gasteiger partial charge >= 0.3 is 5.97 Å². The van der Waals surface area contributed by atoms with Gasteiger partial charge in [0.15, 0.2) is 0 Å². The van der Waals surface area contributed by atoms with Crippen molar-refractivity contribution in [1.82, 2.24) is 9.97 Å². The van der Waals surface area contributed by atoms with E-state index in [-0.39, 0.29) is 5.97 Å². The van der Waals surface area contributed by atoms with E-state index in [4.69, 9.17) is 19.4 Å². The number of benzene rings is 2. The Morgan fingerprint density at radius 1 is 1.09 bits per heavy atom. The second kappa shape index (κ2) is 10.6. The first-order chi connectivity index (χ1) is 16.4. The van der Waals surface area contributed by atoms with Crippen molar-refractivity contribution in [3.05, 3.63) is 75.9 Å². The predicted octanol–water partition coefficient (Wildman–Crippen LogP) is 7.69. The number of carbonyl (C=O) groups is 1. The van der Waals surface area contributed by atoms with Crippen LogP contribution >= 0.6 is 23.1 Å². The molecule has 0 aliphatic carbocycles. The first kappa shape index (κ1) is 24.2. The van der Waals surface area contributed by atoms with Gasteiger partial charge < -0.3 is 9.47 Å². The van der Waals surface area contributed by atoms with E-state index in [0.29, 0.717) is 34.9 Å². The van der Waals surface area contributed by atoms with Gasteiger partial charge in [-0.3, -0.25) is 0 Å². The molecule has 0 N–H and O–H groups in total. The second-order valence-electron chi connectivity index (χ2n) is 8.34. The van der Waals surface area contributed by atoms with Crippen molar-refractivity contribution in [2.45, 2.75) is 51.2 Å². The fourth-order valence-corrected chi connectivity index (χ4v) is 5.48. The first-order valence-corrected chi connectivity index (χ1v) is 13.1. The average Bonchev–Trinajstić information content (AvgIpc) is 3.15. The van der Waals surface area contributed by atoms with Crippen molar-refractivity contribution in [2.24, 2.45) is 0 Å². The molecule has 0 unspecified atom stereocenters. The topological polar surface area (TPSA) is 61.3 Å². The second-order valence-corrected chi connectivity index (χ2v) is 10.4. The van der Waals surface area contributed by atoms with Gasteiger partial charge in [0.25, 0.3) is 0 Å². The molecule has 7 heteroatoms. The molecule has 4 rings (SSSR count). The molecule has 0 aliphatic heterocycles. The maximum Gasteiger partial charge on any atom is 0.348 e. The molecule has 2 heterocycles. The lowest BCUT2D eigenvalue weighted by atomic mass is 10.0. The van der Waals surface area contributed by atoms with Gasteiger partial charge in [-0.2, -0.15) is 4.98 Å². The molecule has 2 aromatic heterocycles. The molecule has 0 amide bonds. The summed E-state index contributed by atoms with van der Waals surface area (Å²) in [6, 6.07) is 16.4. The number of nitrogens with zero attached hydrogens (tertiary/aromatic N) is 2. The van der Waals surface area contributed by atoms with Gasteiger partial charge in [0.2, 0.25) is 5.88 Å². The van der Waals surface area contributed by atoms with Crippen LogP contribution < -0.4 is 4.74 Å². The number of ether oxygens (including phenoxy) is 2. The molecule has 2 aromatic carbocycles. The highest BCUT2D eigenvalue weighted by Gasteiger charge is 2.23. The molecule has 0 radical (unpaired) electrons. The van der Waals surface area contributed by atoms with Crippen LogP contribution in [0.5, 0.6) is 11.6 Å². The number of esters is 1. The zero-order valence-electron chi connectivity index (χ0n) is 20.0. The van der Waals surface area contributed by atoms with Gasteiger partial charge in [0.1, 0.15) is 21.3 Å². The predicted molar refractivity (Wildman–Crippen MR) is 139 cm³/mol.